The standard InChI is InChI=1S/C18H12ClF2NO4/c1-25-13-6-3-9(7-14(13)26-2)15-16(19)18(24)22(17(15)23)10-4-5-11(20)12(21)8-10/h3-8H,1-2H3. The van der Waals surface area contributed by atoms with Crippen LogP contribution >= 0.6 is 11.6 Å². The van der Waals surface area contributed by atoms with Crippen LogP contribution in [-0.2, 0) is 9.59 Å². The van der Waals surface area contributed by atoms with Gasteiger partial charge in [-0.25, -0.2) is 13.7 Å². The van der Waals surface area contributed by atoms with Crippen LogP contribution in [0.2, 0.25) is 0 Å². The van der Waals surface area contributed by atoms with E-state index >= 15 is 0 Å². The van der Waals surface area contributed by atoms with Gasteiger partial charge >= 0.3 is 0 Å². The van der Waals surface area contributed by atoms with Gasteiger partial charge in [0.15, 0.2) is 23.1 Å². The van der Waals surface area contributed by atoms with E-state index in [4.69, 9.17) is 21.1 Å². The van der Waals surface area contributed by atoms with Crippen LogP contribution < -0.4 is 14.4 Å². The largest absolute Gasteiger partial charge is 0.493 e. The van der Waals surface area contributed by atoms with E-state index in [9.17, 15) is 18.4 Å². The number of nitrogens with zero attached hydrogens (tertiary/aromatic N) is 1. The summed E-state index contributed by atoms with van der Waals surface area (Å²) in [4.78, 5) is 25.9. The molecule has 1 aliphatic heterocycles. The first-order chi connectivity index (χ1) is 12.4. The maximum atomic E-state index is 13.5. The molecule has 0 saturated heterocycles. The van der Waals surface area contributed by atoms with E-state index in [1.54, 1.807) is 12.1 Å². The molecule has 2 aromatic rings. The Kier molecular flexibility index (Phi) is 4.65. The molecule has 0 unspecified atom stereocenters. The Balaban J connectivity index is 2.05. The predicted molar refractivity (Wildman–Crippen MR) is 91.2 cm³/mol. The van der Waals surface area contributed by atoms with Gasteiger partial charge in [-0.05, 0) is 29.8 Å². The lowest BCUT2D eigenvalue weighted by Crippen LogP contribution is -2.31. The molecule has 1 aliphatic rings. The number of ether oxygens (including phenoxy) is 2. The third-order valence-electron chi connectivity index (χ3n) is 3.86. The van der Waals surface area contributed by atoms with Gasteiger partial charge < -0.3 is 9.47 Å². The van der Waals surface area contributed by atoms with Gasteiger partial charge in [0.2, 0.25) is 0 Å². The molecule has 0 fully saturated rings. The molecule has 3 rings (SSSR count). The van der Waals surface area contributed by atoms with Gasteiger partial charge in [0.1, 0.15) is 5.03 Å². The zero-order valence-corrected chi connectivity index (χ0v) is 14.4. The summed E-state index contributed by atoms with van der Waals surface area (Å²) in [6, 6.07) is 7.30. The summed E-state index contributed by atoms with van der Waals surface area (Å²) < 4.78 is 36.9. The molecule has 0 N–H and O–H groups in total. The zero-order valence-electron chi connectivity index (χ0n) is 13.7. The Morgan fingerprint density at radius 2 is 1.58 bits per heavy atom. The lowest BCUT2D eigenvalue weighted by molar-refractivity contribution is -0.119. The SMILES string of the molecule is COc1ccc(C2=C(Cl)C(=O)N(c3ccc(F)c(F)c3)C2=O)cc1OC. The quantitative estimate of drug-likeness (QED) is 0.763. The number of hydrogen-bond acceptors (Lipinski definition) is 4. The van der Waals surface area contributed by atoms with Gasteiger partial charge in [-0.15, -0.1) is 0 Å². The van der Waals surface area contributed by atoms with Crippen molar-refractivity contribution in [3.05, 3.63) is 58.6 Å². The fourth-order valence-corrected chi connectivity index (χ4v) is 2.88. The van der Waals surface area contributed by atoms with Gasteiger partial charge in [-0.3, -0.25) is 9.59 Å². The highest BCUT2D eigenvalue weighted by atomic mass is 35.5. The van der Waals surface area contributed by atoms with Crippen molar-refractivity contribution in [1.29, 1.82) is 0 Å². The molecular weight excluding hydrogens is 368 g/mol. The Morgan fingerprint density at radius 3 is 2.19 bits per heavy atom. The van der Waals surface area contributed by atoms with Crippen molar-refractivity contribution in [2.75, 3.05) is 19.1 Å². The number of methoxy groups -OCH3 is 2. The lowest BCUT2D eigenvalue weighted by Gasteiger charge is -2.15. The normalized spacial score (nSPS) is 14.3. The van der Waals surface area contributed by atoms with Crippen LogP contribution in [0.4, 0.5) is 14.5 Å². The monoisotopic (exact) mass is 379 g/mol. The van der Waals surface area contributed by atoms with Crippen LogP contribution in [0.25, 0.3) is 5.57 Å². The summed E-state index contributed by atoms with van der Waals surface area (Å²) in [6.07, 6.45) is 0. The van der Waals surface area contributed by atoms with Crippen LogP contribution in [0.15, 0.2) is 41.4 Å². The van der Waals surface area contributed by atoms with E-state index in [2.05, 4.69) is 0 Å². The third kappa shape index (κ3) is 2.80. The summed E-state index contributed by atoms with van der Waals surface area (Å²) in [5.74, 6) is -3.08. The van der Waals surface area contributed by atoms with E-state index in [1.807, 2.05) is 0 Å². The summed E-state index contributed by atoms with van der Waals surface area (Å²) in [6.45, 7) is 0. The van der Waals surface area contributed by atoms with E-state index in [0.717, 1.165) is 18.2 Å². The zero-order chi connectivity index (χ0) is 19.0. The minimum absolute atomic E-state index is 0.0673. The summed E-state index contributed by atoms with van der Waals surface area (Å²) in [5, 5.41) is -0.327. The molecule has 5 nitrogen and oxygen atoms in total. The molecule has 0 radical (unpaired) electrons. The molecule has 134 valence electrons. The molecule has 0 atom stereocenters. The van der Waals surface area contributed by atoms with Crippen molar-refractivity contribution < 1.29 is 27.8 Å². The second-order valence-corrected chi connectivity index (χ2v) is 5.68. The highest BCUT2D eigenvalue weighted by molar-refractivity contribution is 6.60. The number of benzene rings is 2. The van der Waals surface area contributed by atoms with Crippen LogP contribution in [-0.4, -0.2) is 26.0 Å². The lowest BCUT2D eigenvalue weighted by atomic mass is 10.1. The highest BCUT2D eigenvalue weighted by Gasteiger charge is 2.39. The van der Waals surface area contributed by atoms with Gasteiger partial charge in [-0.1, -0.05) is 17.7 Å². The van der Waals surface area contributed by atoms with Gasteiger partial charge in [0, 0.05) is 6.07 Å². The fourth-order valence-electron chi connectivity index (χ4n) is 2.60. The Labute approximate surface area is 152 Å². The molecule has 26 heavy (non-hydrogen) atoms. The van der Waals surface area contributed by atoms with Crippen molar-refractivity contribution in [1.82, 2.24) is 0 Å². The van der Waals surface area contributed by atoms with Crippen LogP contribution in [0.1, 0.15) is 5.56 Å². The molecule has 2 aromatic carbocycles. The van der Waals surface area contributed by atoms with E-state index in [-0.39, 0.29) is 16.3 Å². The maximum Gasteiger partial charge on any atom is 0.277 e. The van der Waals surface area contributed by atoms with E-state index in [1.165, 1.54) is 20.3 Å². The number of hydrogen-bond donors (Lipinski definition) is 0. The molecule has 8 heteroatoms. The van der Waals surface area contributed by atoms with Crippen molar-refractivity contribution in [3.8, 4) is 11.5 Å². The summed E-state index contributed by atoms with van der Waals surface area (Å²) in [7, 11) is 2.88. The minimum atomic E-state index is -1.18. The fraction of sp³-hybridized carbons (Fsp3) is 0.111. The number of anilines is 1. The minimum Gasteiger partial charge on any atom is -0.493 e. The van der Waals surface area contributed by atoms with Gasteiger partial charge in [-0.2, -0.15) is 0 Å². The second kappa shape index (κ2) is 6.76. The Morgan fingerprint density at radius 1 is 0.885 bits per heavy atom. The van der Waals surface area contributed by atoms with E-state index in [0.29, 0.717) is 22.0 Å². The average molecular weight is 380 g/mol. The summed E-state index contributed by atoms with van der Waals surface area (Å²) in [5.41, 5.74) is 0.144. The topological polar surface area (TPSA) is 55.8 Å². The van der Waals surface area contributed by atoms with Gasteiger partial charge in [0.25, 0.3) is 11.8 Å². The number of halogens is 3. The molecular formula is C18H12ClF2NO4. The number of rotatable bonds is 4. The smallest absolute Gasteiger partial charge is 0.277 e. The maximum absolute atomic E-state index is 13.5. The molecule has 0 spiro atoms. The summed E-state index contributed by atoms with van der Waals surface area (Å²) >= 11 is 6.07. The molecule has 0 aromatic heterocycles. The Bertz CT molecular complexity index is 958. The van der Waals surface area contributed by atoms with E-state index < -0.39 is 23.4 Å². The van der Waals surface area contributed by atoms with Crippen LogP contribution in [0.5, 0.6) is 11.5 Å². The molecule has 2 amide bonds. The van der Waals surface area contributed by atoms with Crippen molar-refractivity contribution in [2.45, 2.75) is 0 Å². The first-order valence-electron chi connectivity index (χ1n) is 7.35. The van der Waals surface area contributed by atoms with Crippen LogP contribution in [0, 0.1) is 11.6 Å². The first-order valence-corrected chi connectivity index (χ1v) is 7.72. The molecule has 0 aliphatic carbocycles. The van der Waals surface area contributed by atoms with Crippen molar-refractivity contribution in [3.63, 3.8) is 0 Å². The third-order valence-corrected chi connectivity index (χ3v) is 4.21. The van der Waals surface area contributed by atoms with Crippen LogP contribution in [0.3, 0.4) is 0 Å². The molecule has 0 saturated carbocycles. The van der Waals surface area contributed by atoms with Gasteiger partial charge in [0.05, 0.1) is 25.5 Å². The molecule has 0 bridgehead atoms. The van der Waals surface area contributed by atoms with Crippen molar-refractivity contribution >= 4 is 34.7 Å². The predicted octanol–water partition coefficient (Wildman–Crippen LogP) is 3.51. The second-order valence-electron chi connectivity index (χ2n) is 5.30. The average Bonchev–Trinajstić information content (AvgIpc) is 2.86. The Hall–Kier alpha value is -2.93. The number of amides is 2. The first kappa shape index (κ1) is 17.9. The highest BCUT2D eigenvalue weighted by Crippen LogP contribution is 2.38. The number of carbonyl (C=O) groups is 2. The number of carbonyl (C=O) groups excluding carboxylic acids is 2. The number of imide groups is 1. The molecule has 1 heterocycles. The van der Waals surface area contributed by atoms with Crippen molar-refractivity contribution in [2.24, 2.45) is 0 Å².